The van der Waals surface area contributed by atoms with Gasteiger partial charge in [0, 0.05) is 6.20 Å². The summed E-state index contributed by atoms with van der Waals surface area (Å²) in [6.07, 6.45) is -14.1. The number of hydrogen-bond donors (Lipinski definition) is 10. The van der Waals surface area contributed by atoms with Gasteiger partial charge in [-0.05, 0) is 6.07 Å². The van der Waals surface area contributed by atoms with E-state index in [1.165, 1.54) is 21.5 Å². The van der Waals surface area contributed by atoms with E-state index in [-0.39, 0.29) is 39.8 Å². The number of aliphatic hydroxyl groups excluding tert-OH is 5. The Morgan fingerprint density at radius 1 is 0.656 bits per heavy atom. The molecule has 330 valence electrons. The van der Waals surface area contributed by atoms with Gasteiger partial charge in [0.2, 0.25) is 0 Å². The third-order valence-electron chi connectivity index (χ3n) is 9.90. The molecule has 30 nitrogen and oxygen atoms in total. The monoisotopic (exact) mass is 901 g/mol. The molecule has 0 radical (unpaired) electrons. The molecule has 0 aromatic carbocycles. The number of imidazole rings is 2. The third kappa shape index (κ3) is 8.21. The largest absolute Gasteiger partial charge is 0.472 e. The number of phosphoric ester groups is 2. The quantitative estimate of drug-likeness (QED) is 0.0472. The molecule has 32 heteroatoms. The smallest absolute Gasteiger partial charge is 0.394 e. The minimum atomic E-state index is -5.33. The van der Waals surface area contributed by atoms with E-state index in [0.717, 1.165) is 29.7 Å². The van der Waals surface area contributed by atoms with Crippen molar-refractivity contribution in [2.24, 2.45) is 0 Å². The summed E-state index contributed by atoms with van der Waals surface area (Å²) in [4.78, 5) is 61.7. The number of phosphoric acid groups is 2. The number of nitrogens with zero attached hydrogens (tertiary/aromatic N) is 10. The average Bonchev–Trinajstić information content (AvgIpc) is 4.03. The Kier molecular flexibility index (Phi) is 11.6. The number of hydrogen-bond acceptors (Lipinski definition) is 25. The van der Waals surface area contributed by atoms with Gasteiger partial charge < -0.3 is 66.7 Å². The van der Waals surface area contributed by atoms with Crippen LogP contribution in [0.2, 0.25) is 0 Å². The molecule has 3 aliphatic rings. The summed E-state index contributed by atoms with van der Waals surface area (Å²) >= 11 is 0. The maximum absolute atomic E-state index is 13.5. The van der Waals surface area contributed by atoms with Crippen molar-refractivity contribution in [2.45, 2.75) is 73.6 Å². The van der Waals surface area contributed by atoms with Crippen molar-refractivity contribution in [3.8, 4) is 0 Å². The fourth-order valence-electron chi connectivity index (χ4n) is 6.97. The number of ether oxygens (including phenoxy) is 3. The van der Waals surface area contributed by atoms with Crippen molar-refractivity contribution in [1.82, 2.24) is 48.6 Å². The van der Waals surface area contributed by atoms with Gasteiger partial charge in [0.05, 0.1) is 32.5 Å². The molecule has 0 aliphatic carbocycles. The van der Waals surface area contributed by atoms with Crippen LogP contribution >= 0.6 is 15.6 Å². The van der Waals surface area contributed by atoms with Crippen molar-refractivity contribution in [3.63, 3.8) is 0 Å². The summed E-state index contributed by atoms with van der Waals surface area (Å²) in [5.41, 5.74) is 16.7. The predicted octanol–water partition coefficient (Wildman–Crippen LogP) is -4.20. The minimum absolute atomic E-state index is 0.0325. The molecule has 0 amide bonds. The highest BCUT2D eigenvalue weighted by molar-refractivity contribution is 7.47. The molecule has 61 heavy (non-hydrogen) atoms. The lowest BCUT2D eigenvalue weighted by Gasteiger charge is -2.25. The van der Waals surface area contributed by atoms with Gasteiger partial charge in [-0.1, -0.05) is 0 Å². The predicted molar refractivity (Wildman–Crippen MR) is 197 cm³/mol. The van der Waals surface area contributed by atoms with Crippen LogP contribution in [0.5, 0.6) is 0 Å². The maximum atomic E-state index is 13.5. The Morgan fingerprint density at radius 2 is 1.13 bits per heavy atom. The summed E-state index contributed by atoms with van der Waals surface area (Å²) in [6, 6.07) is 1.22. The van der Waals surface area contributed by atoms with Crippen LogP contribution in [0.15, 0.2) is 42.4 Å². The SMILES string of the molecule is Nc1ccn([C@@H]2O[C@H](CO)[C@@H](OP(=O)(O)OC[C@H]3O[C@@H](n4cnc5c(N)ncnc54)[C@H](O)[C@@H]3OP(=O)(O)OC[C@H]3O[C@@H](n4cnc5c(N)ncnc54)[C@H](O)[C@@H]3O)[C@H]2O)c(=O)n1. The van der Waals surface area contributed by atoms with Gasteiger partial charge in [-0.2, -0.15) is 4.98 Å². The molecule has 5 aromatic rings. The number of nitrogens with two attached hydrogens (primary N) is 3. The van der Waals surface area contributed by atoms with E-state index in [1.54, 1.807) is 0 Å². The second-order valence-electron chi connectivity index (χ2n) is 13.7. The Bertz CT molecular complexity index is 2570. The Morgan fingerprint density at radius 3 is 1.67 bits per heavy atom. The molecule has 5 aromatic heterocycles. The van der Waals surface area contributed by atoms with Crippen LogP contribution in [0.4, 0.5) is 17.5 Å². The first-order valence-electron chi connectivity index (χ1n) is 17.8. The molecule has 8 rings (SSSR count). The lowest BCUT2D eigenvalue weighted by atomic mass is 10.1. The van der Waals surface area contributed by atoms with Crippen molar-refractivity contribution < 1.29 is 76.8 Å². The maximum Gasteiger partial charge on any atom is 0.472 e. The molecule has 0 bridgehead atoms. The highest BCUT2D eigenvalue weighted by Gasteiger charge is 2.53. The zero-order chi connectivity index (χ0) is 43.5. The fraction of sp³-hybridized carbons (Fsp3) is 0.517. The molecular weight excluding hydrogens is 864 g/mol. The molecule has 3 fully saturated rings. The summed E-state index contributed by atoms with van der Waals surface area (Å²) in [6.45, 7) is -2.77. The Balaban J connectivity index is 0.981. The average molecular weight is 902 g/mol. The van der Waals surface area contributed by atoms with Crippen LogP contribution in [0.3, 0.4) is 0 Å². The van der Waals surface area contributed by atoms with Crippen molar-refractivity contribution in [3.05, 3.63) is 48.1 Å². The molecule has 13 N–H and O–H groups in total. The molecule has 3 saturated heterocycles. The summed E-state index contributed by atoms with van der Waals surface area (Å²) in [7, 11) is -10.7. The van der Waals surface area contributed by atoms with Crippen LogP contribution in [0.1, 0.15) is 18.7 Å². The standard InChI is InChI=1S/C29H37N13O17P2/c30-13-1-2-40(29(48)39-13)27-18(46)20(10(3-43)55-27)58-61(51,52)54-5-12-21(19(47)28(57-12)42-9-38-15-23(32)34-7-36-25(15)42)59-60(49,50)53-4-11-16(44)17(45)26(56-11)41-8-37-14-22(31)33-6-35-24(14)41/h1-2,6-12,16-21,26-28,43-47H,3-5H2,(H,49,50)(H,51,52)(H2,30,39,48)(H2,31,33,35)(H2,32,34,36)/t10-,11-,12-,16-,17-,18-,19-,20-,21-,26-,27-,28-/m1/s1. The van der Waals surface area contributed by atoms with Gasteiger partial charge in [-0.3, -0.25) is 31.8 Å². The summed E-state index contributed by atoms with van der Waals surface area (Å²) in [5, 5.41) is 54.0. The number of fused-ring (bicyclic) bond motifs is 2. The second kappa shape index (κ2) is 16.5. The van der Waals surface area contributed by atoms with E-state index in [9.17, 15) is 49.2 Å². The Labute approximate surface area is 339 Å². The molecule has 0 saturated carbocycles. The van der Waals surface area contributed by atoms with Crippen molar-refractivity contribution in [2.75, 3.05) is 37.0 Å². The molecule has 14 atom stereocenters. The second-order valence-corrected chi connectivity index (χ2v) is 16.5. The van der Waals surface area contributed by atoms with E-state index in [0.29, 0.717) is 0 Å². The number of anilines is 3. The lowest BCUT2D eigenvalue weighted by Crippen LogP contribution is -2.38. The Hall–Kier alpha value is -4.72. The third-order valence-corrected chi connectivity index (χ3v) is 11.9. The van der Waals surface area contributed by atoms with Gasteiger partial charge in [0.1, 0.15) is 84.4 Å². The van der Waals surface area contributed by atoms with Crippen LogP contribution in [0, 0.1) is 0 Å². The normalized spacial score (nSPS) is 32.4. The number of aliphatic hydroxyl groups is 5. The van der Waals surface area contributed by atoms with Gasteiger partial charge in [0.15, 0.2) is 41.6 Å². The van der Waals surface area contributed by atoms with Crippen molar-refractivity contribution >= 4 is 55.4 Å². The number of aromatic nitrogens is 10. The highest BCUT2D eigenvalue weighted by Crippen LogP contribution is 2.52. The summed E-state index contributed by atoms with van der Waals surface area (Å²) < 4.78 is 68.1. The van der Waals surface area contributed by atoms with Crippen molar-refractivity contribution in [1.29, 1.82) is 0 Å². The van der Waals surface area contributed by atoms with Crippen LogP contribution in [-0.4, -0.2) is 159 Å². The van der Waals surface area contributed by atoms with Crippen LogP contribution in [0.25, 0.3) is 22.3 Å². The highest BCUT2D eigenvalue weighted by atomic mass is 31.2. The zero-order valence-electron chi connectivity index (χ0n) is 30.8. The number of nitrogen functional groups attached to an aromatic ring is 3. The van der Waals surface area contributed by atoms with E-state index < -0.39 is 115 Å². The van der Waals surface area contributed by atoms with E-state index >= 15 is 0 Å². The lowest BCUT2D eigenvalue weighted by molar-refractivity contribution is -0.0621. The zero-order valence-corrected chi connectivity index (χ0v) is 32.6. The van der Waals surface area contributed by atoms with E-state index in [4.69, 9.17) is 49.5 Å². The minimum Gasteiger partial charge on any atom is -0.394 e. The molecule has 8 heterocycles. The first-order valence-corrected chi connectivity index (χ1v) is 20.8. The van der Waals surface area contributed by atoms with Crippen LogP contribution < -0.4 is 22.9 Å². The molecule has 3 aliphatic heterocycles. The molecule has 2 unspecified atom stereocenters. The van der Waals surface area contributed by atoms with E-state index in [2.05, 4.69) is 34.9 Å². The van der Waals surface area contributed by atoms with Gasteiger partial charge in [-0.25, -0.2) is 43.8 Å². The topological polar surface area (TPSA) is 441 Å². The molecule has 0 spiro atoms. The van der Waals surface area contributed by atoms with Gasteiger partial charge >= 0.3 is 21.3 Å². The number of rotatable bonds is 14. The van der Waals surface area contributed by atoms with Crippen LogP contribution in [-0.2, 0) is 41.4 Å². The first kappa shape index (κ1) is 42.9. The van der Waals surface area contributed by atoms with Gasteiger partial charge in [0.25, 0.3) is 0 Å². The fourth-order valence-corrected chi connectivity index (χ4v) is 8.90. The van der Waals surface area contributed by atoms with Gasteiger partial charge in [-0.15, -0.1) is 0 Å². The van der Waals surface area contributed by atoms with E-state index in [1.807, 2.05) is 0 Å². The first-order chi connectivity index (χ1) is 29.0. The molecular formula is C29H37N13O17P2. The summed E-state index contributed by atoms with van der Waals surface area (Å²) in [5.74, 6) is -0.153.